The van der Waals surface area contributed by atoms with E-state index < -0.39 is 0 Å². The van der Waals surface area contributed by atoms with Gasteiger partial charge in [0.1, 0.15) is 17.3 Å². The molecule has 0 aliphatic rings. The largest absolute Gasteiger partial charge is 0.497 e. The number of rotatable bonds is 6. The number of nitrogens with zero attached hydrogens (tertiary/aromatic N) is 2. The van der Waals surface area contributed by atoms with Crippen LogP contribution in [0.5, 0.6) is 11.5 Å². The minimum absolute atomic E-state index is 0.480. The Hall–Kier alpha value is -2.99. The van der Waals surface area contributed by atoms with Gasteiger partial charge < -0.3 is 20.1 Å². The van der Waals surface area contributed by atoms with Crippen molar-refractivity contribution in [3.8, 4) is 11.5 Å². The molecular weight excluding hydrogens is 352 g/mol. The van der Waals surface area contributed by atoms with Crippen molar-refractivity contribution in [1.29, 1.82) is 0 Å². The van der Waals surface area contributed by atoms with Crippen LogP contribution >= 0.6 is 11.6 Å². The Kier molecular flexibility index (Phi) is 5.43. The minimum atomic E-state index is 0.480. The molecule has 0 aliphatic carbocycles. The maximum absolute atomic E-state index is 6.00. The second kappa shape index (κ2) is 7.93. The molecule has 7 heteroatoms. The molecule has 0 radical (unpaired) electrons. The molecule has 0 saturated heterocycles. The highest BCUT2D eigenvalue weighted by Crippen LogP contribution is 2.31. The van der Waals surface area contributed by atoms with Crippen molar-refractivity contribution < 1.29 is 9.47 Å². The minimum Gasteiger partial charge on any atom is -0.497 e. The van der Waals surface area contributed by atoms with Gasteiger partial charge >= 0.3 is 0 Å². The van der Waals surface area contributed by atoms with E-state index in [9.17, 15) is 0 Å². The average Bonchev–Trinajstić information content (AvgIpc) is 2.65. The van der Waals surface area contributed by atoms with Gasteiger partial charge in [-0.3, -0.25) is 0 Å². The van der Waals surface area contributed by atoms with E-state index in [1.807, 2.05) is 37.3 Å². The number of aryl methyl sites for hydroxylation is 1. The summed E-state index contributed by atoms with van der Waals surface area (Å²) in [6.45, 7) is 1.97. The van der Waals surface area contributed by atoms with E-state index in [-0.39, 0.29) is 0 Å². The van der Waals surface area contributed by atoms with E-state index in [4.69, 9.17) is 21.1 Å². The van der Waals surface area contributed by atoms with Gasteiger partial charge in [-0.05, 0) is 48.9 Å². The molecule has 0 unspecified atom stereocenters. The lowest BCUT2D eigenvalue weighted by molar-refractivity contribution is 0.395. The number of anilines is 4. The van der Waals surface area contributed by atoms with Gasteiger partial charge in [-0.25, -0.2) is 4.98 Å². The van der Waals surface area contributed by atoms with Gasteiger partial charge in [0.15, 0.2) is 0 Å². The summed E-state index contributed by atoms with van der Waals surface area (Å²) in [5.74, 6) is 2.49. The van der Waals surface area contributed by atoms with Gasteiger partial charge in [0.05, 0.1) is 19.9 Å². The smallest absolute Gasteiger partial charge is 0.229 e. The van der Waals surface area contributed by atoms with Crippen molar-refractivity contribution >= 4 is 34.7 Å². The van der Waals surface area contributed by atoms with Crippen molar-refractivity contribution in [2.45, 2.75) is 6.92 Å². The summed E-state index contributed by atoms with van der Waals surface area (Å²) < 4.78 is 10.6. The van der Waals surface area contributed by atoms with E-state index in [0.29, 0.717) is 22.5 Å². The molecule has 3 aromatic rings. The van der Waals surface area contributed by atoms with Crippen molar-refractivity contribution in [3.05, 3.63) is 59.2 Å². The average molecular weight is 371 g/mol. The van der Waals surface area contributed by atoms with Crippen molar-refractivity contribution in [2.24, 2.45) is 0 Å². The maximum Gasteiger partial charge on any atom is 0.229 e. The summed E-state index contributed by atoms with van der Waals surface area (Å²) in [6, 6.07) is 12.9. The first kappa shape index (κ1) is 17.8. The van der Waals surface area contributed by atoms with Crippen molar-refractivity contribution in [3.63, 3.8) is 0 Å². The van der Waals surface area contributed by atoms with Crippen LogP contribution in [-0.4, -0.2) is 24.2 Å². The van der Waals surface area contributed by atoms with E-state index in [1.165, 1.54) is 0 Å². The molecule has 0 atom stereocenters. The molecule has 0 bridgehead atoms. The predicted octanol–water partition coefficient (Wildman–Crippen LogP) is 4.94. The molecule has 26 heavy (non-hydrogen) atoms. The van der Waals surface area contributed by atoms with Gasteiger partial charge in [-0.15, -0.1) is 0 Å². The van der Waals surface area contributed by atoms with Crippen LogP contribution in [0.1, 0.15) is 5.56 Å². The van der Waals surface area contributed by atoms with Gasteiger partial charge in [0.2, 0.25) is 5.95 Å². The number of ether oxygens (including phenoxy) is 2. The summed E-state index contributed by atoms with van der Waals surface area (Å²) >= 11 is 6.00. The Labute approximate surface area is 157 Å². The van der Waals surface area contributed by atoms with Crippen LogP contribution in [0.2, 0.25) is 5.02 Å². The fourth-order valence-corrected chi connectivity index (χ4v) is 2.64. The standard InChI is InChI=1S/C19H19ClN4O2/c1-12-10-13(20)4-6-15(12)23-19-21-9-8-18(24-19)22-16-7-5-14(25-2)11-17(16)26-3/h4-11H,1-3H3,(H2,21,22,23,24). The van der Waals surface area contributed by atoms with Gasteiger partial charge in [-0.2, -0.15) is 4.98 Å². The summed E-state index contributed by atoms with van der Waals surface area (Å²) in [5, 5.41) is 7.12. The Morgan fingerprint density at radius 2 is 1.73 bits per heavy atom. The van der Waals surface area contributed by atoms with Crippen LogP contribution in [0.15, 0.2) is 48.7 Å². The number of hydrogen-bond acceptors (Lipinski definition) is 6. The number of methoxy groups -OCH3 is 2. The summed E-state index contributed by atoms with van der Waals surface area (Å²) in [7, 11) is 3.22. The lowest BCUT2D eigenvalue weighted by Crippen LogP contribution is -2.02. The Morgan fingerprint density at radius 3 is 2.46 bits per heavy atom. The number of nitrogens with one attached hydrogen (secondary N) is 2. The zero-order valence-corrected chi connectivity index (χ0v) is 15.5. The third-order valence-electron chi connectivity index (χ3n) is 3.76. The van der Waals surface area contributed by atoms with Gasteiger partial charge in [0, 0.05) is 23.0 Å². The maximum atomic E-state index is 6.00. The molecule has 0 aliphatic heterocycles. The molecule has 2 N–H and O–H groups in total. The molecular formula is C19H19ClN4O2. The molecule has 0 fully saturated rings. The third kappa shape index (κ3) is 4.15. The van der Waals surface area contributed by atoms with Crippen molar-refractivity contribution in [1.82, 2.24) is 9.97 Å². The lowest BCUT2D eigenvalue weighted by Gasteiger charge is -2.13. The molecule has 1 heterocycles. The monoisotopic (exact) mass is 370 g/mol. The first-order valence-electron chi connectivity index (χ1n) is 7.94. The number of benzene rings is 2. The second-order valence-corrected chi connectivity index (χ2v) is 5.98. The van der Waals surface area contributed by atoms with Gasteiger partial charge in [-0.1, -0.05) is 11.6 Å². The topological polar surface area (TPSA) is 68.3 Å². The Balaban J connectivity index is 1.81. The second-order valence-electron chi connectivity index (χ2n) is 5.54. The van der Waals surface area contributed by atoms with E-state index >= 15 is 0 Å². The highest BCUT2D eigenvalue weighted by molar-refractivity contribution is 6.30. The first-order chi connectivity index (χ1) is 12.6. The predicted molar refractivity (Wildman–Crippen MR) is 104 cm³/mol. The molecule has 0 saturated carbocycles. The fraction of sp³-hybridized carbons (Fsp3) is 0.158. The number of halogens is 1. The van der Waals surface area contributed by atoms with E-state index in [0.717, 1.165) is 22.7 Å². The Bertz CT molecular complexity index is 918. The number of hydrogen-bond donors (Lipinski definition) is 2. The molecule has 0 amide bonds. The normalized spacial score (nSPS) is 10.3. The molecule has 6 nitrogen and oxygen atoms in total. The van der Waals surface area contributed by atoms with Crippen LogP contribution in [-0.2, 0) is 0 Å². The van der Waals surface area contributed by atoms with Crippen LogP contribution in [0.25, 0.3) is 0 Å². The van der Waals surface area contributed by atoms with Crippen LogP contribution in [0.4, 0.5) is 23.1 Å². The first-order valence-corrected chi connectivity index (χ1v) is 8.32. The molecule has 2 aromatic carbocycles. The molecule has 134 valence electrons. The molecule has 3 rings (SSSR count). The summed E-state index contributed by atoms with van der Waals surface area (Å²) in [4.78, 5) is 8.76. The molecule has 0 spiro atoms. The van der Waals surface area contributed by atoms with Gasteiger partial charge in [0.25, 0.3) is 0 Å². The number of aromatic nitrogens is 2. The Morgan fingerprint density at radius 1 is 0.923 bits per heavy atom. The third-order valence-corrected chi connectivity index (χ3v) is 4.00. The quantitative estimate of drug-likeness (QED) is 0.640. The fourth-order valence-electron chi connectivity index (χ4n) is 2.42. The summed E-state index contributed by atoms with van der Waals surface area (Å²) in [5.41, 5.74) is 2.69. The van der Waals surface area contributed by atoms with E-state index in [1.54, 1.807) is 32.5 Å². The highest BCUT2D eigenvalue weighted by atomic mass is 35.5. The van der Waals surface area contributed by atoms with Crippen LogP contribution in [0, 0.1) is 6.92 Å². The lowest BCUT2D eigenvalue weighted by atomic mass is 10.2. The van der Waals surface area contributed by atoms with Crippen LogP contribution < -0.4 is 20.1 Å². The summed E-state index contributed by atoms with van der Waals surface area (Å²) in [6.07, 6.45) is 1.68. The SMILES string of the molecule is COc1ccc(Nc2ccnc(Nc3ccc(Cl)cc3C)n2)c(OC)c1. The van der Waals surface area contributed by atoms with E-state index in [2.05, 4.69) is 20.6 Å². The highest BCUT2D eigenvalue weighted by Gasteiger charge is 2.08. The molecule has 1 aromatic heterocycles. The zero-order chi connectivity index (χ0) is 18.5. The van der Waals surface area contributed by atoms with Crippen LogP contribution in [0.3, 0.4) is 0 Å². The van der Waals surface area contributed by atoms with Crippen molar-refractivity contribution in [2.75, 3.05) is 24.9 Å². The zero-order valence-electron chi connectivity index (χ0n) is 14.7.